The van der Waals surface area contributed by atoms with E-state index in [-0.39, 0.29) is 32.3 Å². The Kier molecular flexibility index (Phi) is 5.08. The van der Waals surface area contributed by atoms with Crippen molar-refractivity contribution in [2.24, 2.45) is 0 Å². The lowest BCUT2D eigenvalue weighted by Gasteiger charge is -2.09. The highest BCUT2D eigenvalue weighted by Crippen LogP contribution is 2.10. The van der Waals surface area contributed by atoms with Crippen LogP contribution < -0.4 is 0 Å². The molecule has 4 nitrogen and oxygen atoms in total. The SMILES string of the molecule is CCCN1C[C@@H](CO)OC1=O.S. The topological polar surface area (TPSA) is 49.8 Å². The van der Waals surface area contributed by atoms with E-state index < -0.39 is 0 Å². The second-order valence-electron chi connectivity index (χ2n) is 2.63. The number of aliphatic hydroxyl groups excluding tert-OH is 1. The summed E-state index contributed by atoms with van der Waals surface area (Å²) in [6.07, 6.45) is 0.313. The van der Waals surface area contributed by atoms with Gasteiger partial charge in [-0.25, -0.2) is 4.79 Å². The van der Waals surface area contributed by atoms with Gasteiger partial charge in [0.2, 0.25) is 0 Å². The Morgan fingerprint density at radius 3 is 2.83 bits per heavy atom. The summed E-state index contributed by atoms with van der Waals surface area (Å²) in [5, 5.41) is 8.67. The second kappa shape index (κ2) is 5.27. The van der Waals surface area contributed by atoms with Crippen molar-refractivity contribution >= 4 is 19.6 Å². The third-order valence-corrected chi connectivity index (χ3v) is 1.65. The highest BCUT2D eigenvalue weighted by atomic mass is 32.1. The lowest BCUT2D eigenvalue weighted by atomic mass is 10.3. The zero-order valence-corrected chi connectivity index (χ0v) is 8.12. The van der Waals surface area contributed by atoms with Crippen LogP contribution >= 0.6 is 13.5 Å². The van der Waals surface area contributed by atoms with Crippen molar-refractivity contribution in [3.05, 3.63) is 0 Å². The first-order valence-electron chi connectivity index (χ1n) is 3.84. The van der Waals surface area contributed by atoms with E-state index in [4.69, 9.17) is 9.84 Å². The van der Waals surface area contributed by atoms with E-state index in [1.54, 1.807) is 4.90 Å². The first-order valence-corrected chi connectivity index (χ1v) is 3.84. The monoisotopic (exact) mass is 193 g/mol. The van der Waals surface area contributed by atoms with Crippen LogP contribution in [-0.2, 0) is 4.74 Å². The molecule has 0 aromatic carbocycles. The van der Waals surface area contributed by atoms with E-state index >= 15 is 0 Å². The first-order chi connectivity index (χ1) is 5.27. The average Bonchev–Trinajstić information content (AvgIpc) is 2.33. The quantitative estimate of drug-likeness (QED) is 0.702. The molecule has 1 fully saturated rings. The molecule has 72 valence electrons. The summed E-state index contributed by atoms with van der Waals surface area (Å²) in [6.45, 7) is 3.17. The van der Waals surface area contributed by atoms with Gasteiger partial charge >= 0.3 is 6.09 Å². The number of cyclic esters (lactones) is 1. The number of aliphatic hydroxyl groups is 1. The maximum atomic E-state index is 10.9. The Morgan fingerprint density at radius 1 is 1.75 bits per heavy atom. The Labute approximate surface area is 78.9 Å². The molecule has 1 heterocycles. The van der Waals surface area contributed by atoms with Crippen molar-refractivity contribution in [3.8, 4) is 0 Å². The molecule has 5 heteroatoms. The Balaban J connectivity index is 0.00000121. The van der Waals surface area contributed by atoms with E-state index in [9.17, 15) is 4.79 Å². The van der Waals surface area contributed by atoms with Gasteiger partial charge in [-0.3, -0.25) is 0 Å². The molecule has 0 saturated carbocycles. The lowest BCUT2D eigenvalue weighted by Crippen LogP contribution is -2.26. The number of carbonyl (C=O) groups excluding carboxylic acids is 1. The number of ether oxygens (including phenoxy) is 1. The molecule has 0 unspecified atom stereocenters. The lowest BCUT2D eigenvalue weighted by molar-refractivity contribution is 0.0948. The second-order valence-corrected chi connectivity index (χ2v) is 2.63. The zero-order valence-electron chi connectivity index (χ0n) is 7.12. The van der Waals surface area contributed by atoms with Crippen molar-refractivity contribution in [3.63, 3.8) is 0 Å². The molecule has 1 aliphatic rings. The number of nitrogens with zero attached hydrogens (tertiary/aromatic N) is 1. The molecule has 1 rings (SSSR count). The van der Waals surface area contributed by atoms with Crippen LogP contribution in [0.25, 0.3) is 0 Å². The highest BCUT2D eigenvalue weighted by Gasteiger charge is 2.29. The van der Waals surface area contributed by atoms with Crippen LogP contribution in [0.1, 0.15) is 13.3 Å². The summed E-state index contributed by atoms with van der Waals surface area (Å²) >= 11 is 0. The Morgan fingerprint density at radius 2 is 2.42 bits per heavy atom. The molecule has 12 heavy (non-hydrogen) atoms. The van der Waals surface area contributed by atoms with Gasteiger partial charge in [-0.2, -0.15) is 13.5 Å². The smallest absolute Gasteiger partial charge is 0.410 e. The molecule has 1 saturated heterocycles. The number of carbonyl (C=O) groups is 1. The Bertz CT molecular complexity index is 154. The van der Waals surface area contributed by atoms with Gasteiger partial charge in [-0.1, -0.05) is 6.92 Å². The van der Waals surface area contributed by atoms with Crippen molar-refractivity contribution < 1.29 is 14.6 Å². The summed E-state index contributed by atoms with van der Waals surface area (Å²) in [5.41, 5.74) is 0. The number of hydrogen-bond acceptors (Lipinski definition) is 3. The van der Waals surface area contributed by atoms with Crippen LogP contribution in [0.15, 0.2) is 0 Å². The standard InChI is InChI=1S/C7H13NO3.H2S/c1-2-3-8-4-6(5-9)11-7(8)10;/h6,9H,2-5H2,1H3;1H2/t6-;/m0./s1. The van der Waals surface area contributed by atoms with Crippen LogP contribution in [0.5, 0.6) is 0 Å². The van der Waals surface area contributed by atoms with Crippen molar-refractivity contribution in [1.29, 1.82) is 0 Å². The summed E-state index contributed by atoms with van der Waals surface area (Å²) in [7, 11) is 0. The van der Waals surface area contributed by atoms with Gasteiger partial charge in [0.25, 0.3) is 0 Å². The van der Waals surface area contributed by atoms with Gasteiger partial charge in [0.1, 0.15) is 6.10 Å². The fourth-order valence-corrected chi connectivity index (χ4v) is 1.12. The molecule has 0 aromatic rings. The van der Waals surface area contributed by atoms with Crippen LogP contribution in [-0.4, -0.2) is 41.9 Å². The van der Waals surface area contributed by atoms with Gasteiger partial charge in [-0.15, -0.1) is 0 Å². The van der Waals surface area contributed by atoms with Crippen LogP contribution in [0, 0.1) is 0 Å². The van der Waals surface area contributed by atoms with E-state index in [0.29, 0.717) is 6.54 Å². The van der Waals surface area contributed by atoms with Crippen molar-refractivity contribution in [1.82, 2.24) is 4.90 Å². The summed E-state index contributed by atoms with van der Waals surface area (Å²) in [6, 6.07) is 0. The molecule has 1 N–H and O–H groups in total. The molecule has 0 bridgehead atoms. The first kappa shape index (κ1) is 11.6. The third kappa shape index (κ3) is 2.57. The molecule has 1 atom stereocenters. The zero-order chi connectivity index (χ0) is 8.27. The minimum atomic E-state index is -0.311. The van der Waals surface area contributed by atoms with E-state index in [0.717, 1.165) is 13.0 Å². The van der Waals surface area contributed by atoms with Gasteiger partial charge in [-0.05, 0) is 6.42 Å². The maximum Gasteiger partial charge on any atom is 0.410 e. The third-order valence-electron chi connectivity index (χ3n) is 1.65. The van der Waals surface area contributed by atoms with Gasteiger partial charge in [0.15, 0.2) is 0 Å². The van der Waals surface area contributed by atoms with Crippen LogP contribution in [0.3, 0.4) is 0 Å². The van der Waals surface area contributed by atoms with Gasteiger partial charge in [0, 0.05) is 6.54 Å². The molecular formula is C7H15NO3S. The minimum Gasteiger partial charge on any atom is -0.442 e. The molecule has 0 spiro atoms. The summed E-state index contributed by atoms with van der Waals surface area (Å²) in [5.74, 6) is 0. The predicted molar refractivity (Wildman–Crippen MR) is 49.6 cm³/mol. The molecule has 1 amide bonds. The number of hydrogen-bond donors (Lipinski definition) is 1. The number of rotatable bonds is 3. The fraction of sp³-hybridized carbons (Fsp3) is 0.857. The van der Waals surface area contributed by atoms with Crippen LogP contribution in [0.4, 0.5) is 4.79 Å². The maximum absolute atomic E-state index is 10.9. The highest BCUT2D eigenvalue weighted by molar-refractivity contribution is 7.59. The van der Waals surface area contributed by atoms with Crippen molar-refractivity contribution in [2.45, 2.75) is 19.4 Å². The molecular weight excluding hydrogens is 178 g/mol. The number of amides is 1. The van der Waals surface area contributed by atoms with Crippen LogP contribution in [0.2, 0.25) is 0 Å². The predicted octanol–water partition coefficient (Wildman–Crippen LogP) is 0.322. The van der Waals surface area contributed by atoms with Crippen molar-refractivity contribution in [2.75, 3.05) is 19.7 Å². The Hall–Kier alpha value is -0.420. The van der Waals surface area contributed by atoms with Gasteiger partial charge < -0.3 is 14.7 Å². The molecule has 0 aliphatic carbocycles. The average molecular weight is 193 g/mol. The fourth-order valence-electron chi connectivity index (χ4n) is 1.12. The summed E-state index contributed by atoms with van der Waals surface area (Å²) in [4.78, 5) is 12.5. The molecule has 0 aromatic heterocycles. The van der Waals surface area contributed by atoms with E-state index in [1.807, 2.05) is 6.92 Å². The molecule has 1 aliphatic heterocycles. The van der Waals surface area contributed by atoms with Gasteiger partial charge in [0.05, 0.1) is 13.2 Å². The van der Waals surface area contributed by atoms with E-state index in [2.05, 4.69) is 0 Å². The largest absolute Gasteiger partial charge is 0.442 e. The van der Waals surface area contributed by atoms with E-state index in [1.165, 1.54) is 0 Å². The summed E-state index contributed by atoms with van der Waals surface area (Å²) < 4.78 is 4.81. The minimum absolute atomic E-state index is 0. The normalized spacial score (nSPS) is 22.0. The molecule has 0 radical (unpaired) electrons.